The molecule has 0 spiro atoms. The average Bonchev–Trinajstić information content (AvgIpc) is 3.23. The number of rotatable bonds is 19. The second-order valence-corrected chi connectivity index (χ2v) is 17.6. The summed E-state index contributed by atoms with van der Waals surface area (Å²) in [5.74, 6) is -0.555. The molecule has 2 N–H and O–H groups in total. The van der Waals surface area contributed by atoms with Crippen LogP contribution in [0, 0.1) is 23.6 Å². The Morgan fingerprint density at radius 2 is 1.72 bits per heavy atom. The summed E-state index contributed by atoms with van der Waals surface area (Å²) in [5.41, 5.74) is 2.62. The average molecular weight is 845 g/mol. The van der Waals surface area contributed by atoms with Gasteiger partial charge in [0.2, 0.25) is 5.79 Å². The molecule has 3 aliphatic rings. The van der Waals surface area contributed by atoms with Crippen LogP contribution in [0.1, 0.15) is 89.7 Å². The van der Waals surface area contributed by atoms with E-state index in [-0.39, 0.29) is 63.0 Å². The van der Waals surface area contributed by atoms with Crippen LogP contribution in [0.5, 0.6) is 17.2 Å². The molecule has 10 nitrogen and oxygen atoms in total. The van der Waals surface area contributed by atoms with Crippen LogP contribution in [0.4, 0.5) is 9.18 Å². The molecule has 1 aliphatic heterocycles. The summed E-state index contributed by atoms with van der Waals surface area (Å²) < 4.78 is 40.9. The van der Waals surface area contributed by atoms with Crippen LogP contribution < -0.4 is 9.47 Å². The number of allylic oxidation sites excluding steroid dienone is 1. The van der Waals surface area contributed by atoms with E-state index < -0.39 is 29.4 Å². The summed E-state index contributed by atoms with van der Waals surface area (Å²) in [6.07, 6.45) is 10.2. The Kier molecular flexibility index (Phi) is 15.4. The number of hydrogen-bond donors (Lipinski definition) is 2. The summed E-state index contributed by atoms with van der Waals surface area (Å²) >= 11 is 1.66. The van der Waals surface area contributed by atoms with Gasteiger partial charge in [0.05, 0.1) is 24.8 Å². The number of unbranched alkanes of at least 4 members (excludes halogenated alkanes) is 2. The van der Waals surface area contributed by atoms with Gasteiger partial charge in [-0.3, -0.25) is 4.90 Å². The van der Waals surface area contributed by atoms with Gasteiger partial charge in [0.1, 0.15) is 34.7 Å². The molecule has 0 saturated heterocycles. The number of aliphatic hydroxyl groups is 2. The fourth-order valence-corrected chi connectivity index (χ4v) is 9.39. The van der Waals surface area contributed by atoms with Crippen LogP contribution in [0.3, 0.4) is 0 Å². The molecule has 1 fully saturated rings. The molecule has 2 aliphatic carbocycles. The molecule has 1 saturated carbocycles. The largest absolute Gasteiger partial charge is 0.459 e. The molecule has 0 radical (unpaired) electrons. The number of carbonyl (C=O) groups excluding carboxylic acids is 1. The van der Waals surface area contributed by atoms with Crippen molar-refractivity contribution in [3.8, 4) is 17.2 Å². The highest BCUT2D eigenvalue weighted by atomic mass is 32.2. The molecule has 1 amide bonds. The van der Waals surface area contributed by atoms with Gasteiger partial charge < -0.3 is 34.0 Å². The van der Waals surface area contributed by atoms with Crippen molar-refractivity contribution in [2.75, 3.05) is 32.7 Å². The Hall–Kier alpha value is -4.36. The van der Waals surface area contributed by atoms with E-state index in [1.807, 2.05) is 63.4 Å². The Morgan fingerprint density at radius 1 is 1.02 bits per heavy atom. The highest BCUT2D eigenvalue weighted by molar-refractivity contribution is 7.98. The molecule has 6 atom stereocenters. The Morgan fingerprint density at radius 3 is 2.37 bits per heavy atom. The second-order valence-electron chi connectivity index (χ2n) is 16.7. The van der Waals surface area contributed by atoms with E-state index in [0.29, 0.717) is 41.4 Å². The van der Waals surface area contributed by atoms with Crippen molar-refractivity contribution in [1.82, 2.24) is 4.90 Å². The van der Waals surface area contributed by atoms with E-state index in [1.165, 1.54) is 12.1 Å². The first kappa shape index (κ1) is 45.2. The monoisotopic (exact) mass is 844 g/mol. The molecule has 324 valence electrons. The Bertz CT molecular complexity index is 1970. The molecular formula is C48H61FN2O8S. The van der Waals surface area contributed by atoms with Gasteiger partial charge in [0.25, 0.3) is 0 Å². The van der Waals surface area contributed by atoms with E-state index in [4.69, 9.17) is 28.9 Å². The molecule has 60 heavy (non-hydrogen) atoms. The van der Waals surface area contributed by atoms with Crippen LogP contribution in [0.15, 0.2) is 101 Å². The van der Waals surface area contributed by atoms with Crippen molar-refractivity contribution in [2.24, 2.45) is 22.9 Å². The standard InChI is InChI=1S/C48H61FN2O8S/c1-7-27-56-48-43(51(46(54)55-8-2)31-32-15-17-34(49)18-16-32)30-41(50-59-47(3,4)5)39-28-33(13-9-11-25-52)38(14-10-12-26-53)44(45(39)48)40-29-36(21-24-42(40)58-48)57-35-19-22-37(60-6)23-20-35/h7,15-24,28-29,33,38,43-45,52-53H,1,8-14,25-27,30-31H2,2-6H3. The zero-order valence-corrected chi connectivity index (χ0v) is 36.4. The number of carbonyl (C=O) groups is 1. The summed E-state index contributed by atoms with van der Waals surface area (Å²) in [6.45, 7) is 12.1. The van der Waals surface area contributed by atoms with Gasteiger partial charge >= 0.3 is 6.09 Å². The van der Waals surface area contributed by atoms with Crippen LogP contribution in [0.25, 0.3) is 0 Å². The Balaban J connectivity index is 1.61. The number of oxime groups is 1. The number of thioether (sulfide) groups is 1. The summed E-state index contributed by atoms with van der Waals surface area (Å²) in [5, 5.41) is 24.8. The van der Waals surface area contributed by atoms with E-state index in [0.717, 1.165) is 41.7 Å². The lowest BCUT2D eigenvalue weighted by Crippen LogP contribution is -2.70. The zero-order chi connectivity index (χ0) is 42.9. The normalized spacial score (nSPS) is 23.8. The predicted octanol–water partition coefficient (Wildman–Crippen LogP) is 10.4. The lowest BCUT2D eigenvalue weighted by atomic mass is 9.55. The van der Waals surface area contributed by atoms with E-state index >= 15 is 0 Å². The van der Waals surface area contributed by atoms with Crippen LogP contribution in [0.2, 0.25) is 0 Å². The molecule has 1 heterocycles. The minimum atomic E-state index is -1.48. The fraction of sp³-hybridized carbons (Fsp3) is 0.500. The van der Waals surface area contributed by atoms with Crippen LogP contribution in [-0.4, -0.2) is 77.0 Å². The minimum absolute atomic E-state index is 0.0335. The first-order chi connectivity index (χ1) is 28.9. The van der Waals surface area contributed by atoms with Gasteiger partial charge in [-0.2, -0.15) is 0 Å². The third-order valence-corrected chi connectivity index (χ3v) is 12.3. The number of amides is 1. The van der Waals surface area contributed by atoms with Gasteiger partial charge in [-0.25, -0.2) is 9.18 Å². The molecule has 12 heteroatoms. The second kappa shape index (κ2) is 20.5. The van der Waals surface area contributed by atoms with Crippen LogP contribution in [-0.2, 0) is 20.9 Å². The van der Waals surface area contributed by atoms with Crippen molar-refractivity contribution in [3.05, 3.63) is 108 Å². The molecule has 0 aromatic heterocycles. The summed E-state index contributed by atoms with van der Waals surface area (Å²) in [6, 6.07) is 19.1. The third kappa shape index (κ3) is 10.4. The SMILES string of the molecule is C=CCOC12Oc3ccc(Oc4ccc(SC)cc4)cc3C3C(CCCCO)C(CCCCO)C=C(C(=NOC(C)(C)C)CC1N(Cc1ccc(F)cc1)C(=O)OCC)C32. The first-order valence-corrected chi connectivity index (χ1v) is 22.4. The number of nitrogens with zero attached hydrogens (tertiary/aromatic N) is 2. The third-order valence-electron chi connectivity index (χ3n) is 11.5. The molecular weight excluding hydrogens is 784 g/mol. The number of fused-ring (bicyclic) bond motifs is 2. The van der Waals surface area contributed by atoms with Crippen molar-refractivity contribution in [2.45, 2.75) is 107 Å². The van der Waals surface area contributed by atoms with Crippen LogP contribution >= 0.6 is 11.8 Å². The molecule has 0 bridgehead atoms. The lowest BCUT2D eigenvalue weighted by Gasteiger charge is -2.60. The number of aliphatic hydroxyl groups excluding tert-OH is 2. The van der Waals surface area contributed by atoms with Crippen molar-refractivity contribution < 1.29 is 43.2 Å². The molecule has 3 aromatic carbocycles. The minimum Gasteiger partial charge on any atom is -0.459 e. The van der Waals surface area contributed by atoms with E-state index in [1.54, 1.807) is 41.8 Å². The van der Waals surface area contributed by atoms with E-state index in [2.05, 4.69) is 18.7 Å². The van der Waals surface area contributed by atoms with Gasteiger partial charge in [0, 0.05) is 42.6 Å². The van der Waals surface area contributed by atoms with Crippen molar-refractivity contribution in [1.29, 1.82) is 0 Å². The number of benzene rings is 3. The number of halogens is 1. The van der Waals surface area contributed by atoms with Crippen molar-refractivity contribution in [3.63, 3.8) is 0 Å². The van der Waals surface area contributed by atoms with Gasteiger partial charge in [-0.05, 0) is 137 Å². The molecule has 6 unspecified atom stereocenters. The summed E-state index contributed by atoms with van der Waals surface area (Å²) in [7, 11) is 0. The van der Waals surface area contributed by atoms with Gasteiger partial charge in [-0.15, -0.1) is 18.3 Å². The zero-order valence-electron chi connectivity index (χ0n) is 35.6. The summed E-state index contributed by atoms with van der Waals surface area (Å²) in [4.78, 5) is 23.4. The first-order valence-electron chi connectivity index (χ1n) is 21.2. The molecule has 3 aromatic rings. The topological polar surface area (TPSA) is 119 Å². The molecule has 6 rings (SSSR count). The quantitative estimate of drug-likeness (QED) is 0.0526. The predicted molar refractivity (Wildman–Crippen MR) is 233 cm³/mol. The Labute approximate surface area is 358 Å². The highest BCUT2D eigenvalue weighted by Gasteiger charge is 2.65. The number of hydrogen-bond acceptors (Lipinski definition) is 10. The highest BCUT2D eigenvalue weighted by Crippen LogP contribution is 2.62. The van der Waals surface area contributed by atoms with Gasteiger partial charge in [0.15, 0.2) is 0 Å². The van der Waals surface area contributed by atoms with Crippen molar-refractivity contribution >= 4 is 23.6 Å². The smallest absolute Gasteiger partial charge is 0.410 e. The van der Waals surface area contributed by atoms with Gasteiger partial charge in [-0.1, -0.05) is 42.3 Å². The fourth-order valence-electron chi connectivity index (χ4n) is 8.98. The maximum atomic E-state index is 14.4. The maximum absolute atomic E-state index is 14.4. The maximum Gasteiger partial charge on any atom is 0.410 e. The number of ether oxygens (including phenoxy) is 4. The lowest BCUT2D eigenvalue weighted by molar-refractivity contribution is -0.256. The van der Waals surface area contributed by atoms with E-state index in [9.17, 15) is 19.4 Å².